The van der Waals surface area contributed by atoms with Crippen LogP contribution in [0.1, 0.15) is 11.1 Å². The highest BCUT2D eigenvalue weighted by Crippen LogP contribution is 2.30. The van der Waals surface area contributed by atoms with Gasteiger partial charge in [0, 0.05) is 23.9 Å². The van der Waals surface area contributed by atoms with Crippen LogP contribution >= 0.6 is 0 Å². The summed E-state index contributed by atoms with van der Waals surface area (Å²) < 4.78 is 5.51. The van der Waals surface area contributed by atoms with E-state index in [0.29, 0.717) is 16.9 Å². The van der Waals surface area contributed by atoms with Gasteiger partial charge in [0.15, 0.2) is 5.84 Å². The predicted octanol–water partition coefficient (Wildman–Crippen LogP) is 2.19. The molecule has 1 aromatic carbocycles. The zero-order chi connectivity index (χ0) is 15.4. The van der Waals surface area contributed by atoms with Crippen molar-refractivity contribution in [3.63, 3.8) is 0 Å². The number of pyridine rings is 1. The number of ether oxygens (including phenoxy) is 1. The largest absolute Gasteiger partial charge is 0.439 e. The van der Waals surface area contributed by atoms with Gasteiger partial charge in [0.1, 0.15) is 5.75 Å². The fraction of sp³-hybridized carbons (Fsp3) is 0.0769. The van der Waals surface area contributed by atoms with Crippen molar-refractivity contribution in [1.82, 2.24) is 4.98 Å². The summed E-state index contributed by atoms with van der Waals surface area (Å²) in [5.74, 6) is 0.516. The van der Waals surface area contributed by atoms with E-state index in [4.69, 9.17) is 15.7 Å². The number of oxime groups is 1. The highest BCUT2D eigenvalue weighted by atomic mass is 16.6. The van der Waals surface area contributed by atoms with Crippen molar-refractivity contribution >= 4 is 11.5 Å². The summed E-state index contributed by atoms with van der Waals surface area (Å²) in [6, 6.07) is 7.62. The lowest BCUT2D eigenvalue weighted by Crippen LogP contribution is -2.13. The third-order valence-electron chi connectivity index (χ3n) is 2.81. The van der Waals surface area contributed by atoms with Gasteiger partial charge in [0.25, 0.3) is 5.69 Å². The summed E-state index contributed by atoms with van der Waals surface area (Å²) in [4.78, 5) is 14.4. The minimum Gasteiger partial charge on any atom is -0.439 e. The normalized spacial score (nSPS) is 11.2. The maximum Gasteiger partial charge on any atom is 0.276 e. The number of nitrogens with zero attached hydrogens (tertiary/aromatic N) is 3. The molecule has 3 N–H and O–H groups in total. The first-order valence-electron chi connectivity index (χ1n) is 5.88. The molecule has 2 rings (SSSR count). The molecule has 0 aliphatic carbocycles. The van der Waals surface area contributed by atoms with Crippen molar-refractivity contribution in [2.75, 3.05) is 0 Å². The Hall–Kier alpha value is -3.16. The number of nitro benzene ring substituents is 1. The maximum absolute atomic E-state index is 10.9. The first-order valence-corrected chi connectivity index (χ1v) is 5.88. The Morgan fingerprint density at radius 1 is 1.43 bits per heavy atom. The van der Waals surface area contributed by atoms with Crippen LogP contribution in [0, 0.1) is 17.0 Å². The smallest absolute Gasteiger partial charge is 0.276 e. The van der Waals surface area contributed by atoms with E-state index in [1.807, 2.05) is 0 Å². The molecule has 0 aliphatic heterocycles. The molecular formula is C13H12N4O4. The molecule has 1 aromatic heterocycles. The van der Waals surface area contributed by atoms with Gasteiger partial charge in [-0.05, 0) is 19.1 Å². The second-order valence-electron chi connectivity index (χ2n) is 4.13. The van der Waals surface area contributed by atoms with E-state index in [2.05, 4.69) is 10.1 Å². The van der Waals surface area contributed by atoms with Crippen LogP contribution in [0.3, 0.4) is 0 Å². The molecule has 0 saturated heterocycles. The molecular weight excluding hydrogens is 276 g/mol. The Morgan fingerprint density at radius 3 is 2.76 bits per heavy atom. The third kappa shape index (κ3) is 3.06. The van der Waals surface area contributed by atoms with Crippen LogP contribution in [0.2, 0.25) is 0 Å². The molecule has 108 valence electrons. The minimum atomic E-state index is -0.475. The van der Waals surface area contributed by atoms with Gasteiger partial charge in [-0.25, -0.2) is 4.98 Å². The maximum atomic E-state index is 10.9. The molecule has 0 atom stereocenters. The predicted molar refractivity (Wildman–Crippen MR) is 74.7 cm³/mol. The number of hydrogen-bond donors (Lipinski definition) is 2. The van der Waals surface area contributed by atoms with Gasteiger partial charge in [-0.15, -0.1) is 0 Å². The number of rotatable bonds is 4. The molecule has 0 unspecified atom stereocenters. The molecule has 21 heavy (non-hydrogen) atoms. The van der Waals surface area contributed by atoms with Crippen LogP contribution in [0.4, 0.5) is 5.69 Å². The number of benzene rings is 1. The van der Waals surface area contributed by atoms with Crippen LogP contribution in [0.25, 0.3) is 0 Å². The Labute approximate surface area is 119 Å². The van der Waals surface area contributed by atoms with Crippen LogP contribution in [-0.4, -0.2) is 21.0 Å². The average Bonchev–Trinajstić information content (AvgIpc) is 2.49. The highest BCUT2D eigenvalue weighted by molar-refractivity contribution is 5.96. The van der Waals surface area contributed by atoms with Gasteiger partial charge in [0.05, 0.1) is 10.5 Å². The lowest BCUT2D eigenvalue weighted by molar-refractivity contribution is -0.385. The van der Waals surface area contributed by atoms with E-state index < -0.39 is 4.92 Å². The zero-order valence-corrected chi connectivity index (χ0v) is 11.1. The summed E-state index contributed by atoms with van der Waals surface area (Å²) >= 11 is 0. The highest BCUT2D eigenvalue weighted by Gasteiger charge is 2.15. The molecule has 8 heteroatoms. The Morgan fingerprint density at radius 2 is 2.19 bits per heavy atom. The molecule has 0 bridgehead atoms. The van der Waals surface area contributed by atoms with Gasteiger partial charge >= 0.3 is 0 Å². The summed E-state index contributed by atoms with van der Waals surface area (Å²) in [5, 5.41) is 22.3. The molecule has 0 fully saturated rings. The number of nitrogens with two attached hydrogens (primary N) is 1. The Kier molecular flexibility index (Phi) is 3.98. The first kappa shape index (κ1) is 14.3. The minimum absolute atomic E-state index is 0.0271. The van der Waals surface area contributed by atoms with Gasteiger partial charge in [0.2, 0.25) is 5.88 Å². The Bertz CT molecular complexity index is 698. The summed E-state index contributed by atoms with van der Waals surface area (Å²) in [6.07, 6.45) is 1.37. The molecule has 8 nitrogen and oxygen atoms in total. The topological polar surface area (TPSA) is 124 Å². The van der Waals surface area contributed by atoms with E-state index in [1.54, 1.807) is 19.1 Å². The van der Waals surface area contributed by atoms with Crippen molar-refractivity contribution < 1.29 is 14.9 Å². The first-order chi connectivity index (χ1) is 10.0. The van der Waals surface area contributed by atoms with Crippen LogP contribution in [0.15, 0.2) is 41.7 Å². The van der Waals surface area contributed by atoms with Crippen molar-refractivity contribution in [1.29, 1.82) is 0 Å². The van der Waals surface area contributed by atoms with Crippen molar-refractivity contribution in [2.45, 2.75) is 6.92 Å². The van der Waals surface area contributed by atoms with Gasteiger partial charge in [-0.3, -0.25) is 10.1 Å². The standard InChI is InChI=1S/C13H12N4O4/c1-8-10(17(19)20)3-2-4-11(8)21-12-6-5-9(7-15-12)13(14)16-18/h2-7,18H,1H3,(H2,14,16). The lowest BCUT2D eigenvalue weighted by atomic mass is 10.2. The van der Waals surface area contributed by atoms with E-state index in [9.17, 15) is 10.1 Å². The van der Waals surface area contributed by atoms with Crippen molar-refractivity contribution in [2.24, 2.45) is 10.9 Å². The number of amidine groups is 1. The summed E-state index contributed by atoms with van der Waals surface area (Å²) in [7, 11) is 0. The summed E-state index contributed by atoms with van der Waals surface area (Å²) in [5.41, 5.74) is 6.23. The third-order valence-corrected chi connectivity index (χ3v) is 2.81. The fourth-order valence-electron chi connectivity index (χ4n) is 1.67. The molecule has 1 heterocycles. The van der Waals surface area contributed by atoms with E-state index in [-0.39, 0.29) is 17.4 Å². The monoisotopic (exact) mass is 288 g/mol. The number of hydrogen-bond acceptors (Lipinski definition) is 6. The Balaban J connectivity index is 2.27. The molecule has 0 aliphatic rings. The fourth-order valence-corrected chi connectivity index (χ4v) is 1.67. The number of nitro groups is 1. The van der Waals surface area contributed by atoms with E-state index in [1.165, 1.54) is 24.4 Å². The molecule has 0 spiro atoms. The van der Waals surface area contributed by atoms with Crippen molar-refractivity contribution in [3.8, 4) is 11.6 Å². The lowest BCUT2D eigenvalue weighted by Gasteiger charge is -2.08. The van der Waals surface area contributed by atoms with E-state index >= 15 is 0 Å². The molecule has 0 amide bonds. The van der Waals surface area contributed by atoms with Gasteiger partial charge in [-0.1, -0.05) is 11.2 Å². The number of aromatic nitrogens is 1. The molecule has 2 aromatic rings. The van der Waals surface area contributed by atoms with Crippen LogP contribution < -0.4 is 10.5 Å². The average molecular weight is 288 g/mol. The van der Waals surface area contributed by atoms with Gasteiger partial charge < -0.3 is 15.7 Å². The second-order valence-corrected chi connectivity index (χ2v) is 4.13. The van der Waals surface area contributed by atoms with E-state index in [0.717, 1.165) is 0 Å². The second kappa shape index (κ2) is 5.87. The molecule has 0 radical (unpaired) electrons. The van der Waals surface area contributed by atoms with Crippen LogP contribution in [0.5, 0.6) is 11.6 Å². The van der Waals surface area contributed by atoms with Crippen LogP contribution in [-0.2, 0) is 0 Å². The molecule has 0 saturated carbocycles. The summed E-state index contributed by atoms with van der Waals surface area (Å²) in [6.45, 7) is 1.60. The van der Waals surface area contributed by atoms with Gasteiger partial charge in [-0.2, -0.15) is 0 Å². The van der Waals surface area contributed by atoms with Crippen molar-refractivity contribution in [3.05, 3.63) is 57.8 Å². The SMILES string of the molecule is Cc1c(Oc2ccc(/C(N)=N/O)cn2)cccc1[N+](=O)[O-]. The zero-order valence-electron chi connectivity index (χ0n) is 11.1. The quantitative estimate of drug-likeness (QED) is 0.292.